The number of carbonyl (C=O) groups excluding carboxylic acids is 6. The lowest BCUT2D eigenvalue weighted by Crippen LogP contribution is -2.62. The normalized spacial score (nSPS) is 25.4. The van der Waals surface area contributed by atoms with E-state index in [1.165, 1.54) is 4.90 Å². The number of amides is 5. The lowest BCUT2D eigenvalue weighted by Gasteiger charge is -2.37. The number of hydrogen-bond acceptors (Lipinski definition) is 7. The van der Waals surface area contributed by atoms with Gasteiger partial charge in [-0.3, -0.25) is 19.2 Å². The first-order valence-electron chi connectivity index (χ1n) is 16.8. The lowest BCUT2D eigenvalue weighted by molar-refractivity contribution is -0.148. The molecular weight excluding hydrogens is 640 g/mol. The Bertz CT molecular complexity index is 1450. The second kappa shape index (κ2) is 14.4. The van der Waals surface area contributed by atoms with Crippen LogP contribution in [0.4, 0.5) is 13.6 Å². The Morgan fingerprint density at radius 3 is 2.12 bits per heavy atom. The van der Waals surface area contributed by atoms with Crippen molar-refractivity contribution in [1.82, 2.24) is 20.9 Å². The zero-order chi connectivity index (χ0) is 36.6. The van der Waals surface area contributed by atoms with Crippen molar-refractivity contribution in [2.75, 3.05) is 6.54 Å². The van der Waals surface area contributed by atoms with Gasteiger partial charge in [-0.15, -0.1) is 0 Å². The Morgan fingerprint density at radius 1 is 1.00 bits per heavy atom. The molecule has 3 fully saturated rings. The van der Waals surface area contributed by atoms with Crippen LogP contribution in [-0.4, -0.2) is 77.0 Å². The van der Waals surface area contributed by atoms with Crippen molar-refractivity contribution in [2.45, 2.75) is 98.0 Å². The van der Waals surface area contributed by atoms with Gasteiger partial charge in [-0.25, -0.2) is 18.4 Å². The third-order valence-electron chi connectivity index (χ3n) is 9.89. The number of nitrogens with zero attached hydrogens (tertiary/aromatic N) is 1. The Balaban J connectivity index is 1.50. The number of urea groups is 1. The van der Waals surface area contributed by atoms with Crippen LogP contribution in [0.5, 0.6) is 0 Å². The zero-order valence-electron chi connectivity index (χ0n) is 29.1. The molecule has 0 bridgehead atoms. The van der Waals surface area contributed by atoms with Crippen LogP contribution in [0.25, 0.3) is 0 Å². The van der Waals surface area contributed by atoms with Gasteiger partial charge < -0.3 is 31.3 Å². The summed E-state index contributed by atoms with van der Waals surface area (Å²) >= 11 is 0. The monoisotopic (exact) mass is 689 g/mol. The van der Waals surface area contributed by atoms with Crippen molar-refractivity contribution in [1.29, 1.82) is 0 Å². The van der Waals surface area contributed by atoms with E-state index >= 15 is 0 Å². The predicted octanol–water partition coefficient (Wildman–Crippen LogP) is 2.78. The summed E-state index contributed by atoms with van der Waals surface area (Å²) < 4.78 is 33.0. The van der Waals surface area contributed by atoms with E-state index in [0.29, 0.717) is 0 Å². The largest absolute Gasteiger partial charge is 0.459 e. The van der Waals surface area contributed by atoms with Gasteiger partial charge in [0.05, 0.1) is 6.04 Å². The number of ether oxygens (including phenoxy) is 1. The summed E-state index contributed by atoms with van der Waals surface area (Å²) in [6, 6.07) is 3.47. The molecule has 1 saturated heterocycles. The number of primary amides is 1. The van der Waals surface area contributed by atoms with E-state index in [-0.39, 0.29) is 42.7 Å². The minimum atomic E-state index is -3.00. The molecule has 1 aromatic carbocycles. The average molecular weight is 690 g/mol. The highest BCUT2D eigenvalue weighted by Crippen LogP contribution is 2.59. The Hall–Kier alpha value is -4.10. The minimum Gasteiger partial charge on any atom is -0.459 e. The number of nitrogens with one attached hydrogen (secondary N) is 3. The predicted molar refractivity (Wildman–Crippen MR) is 174 cm³/mol. The molecule has 1 aromatic rings. The molecule has 2 saturated carbocycles. The van der Waals surface area contributed by atoms with Crippen LogP contribution in [0.3, 0.4) is 0 Å². The van der Waals surface area contributed by atoms with Crippen LogP contribution in [0.1, 0.15) is 66.9 Å². The Labute approximate surface area is 285 Å². The molecule has 0 spiro atoms. The van der Waals surface area contributed by atoms with E-state index in [2.05, 4.69) is 16.0 Å². The third-order valence-corrected chi connectivity index (χ3v) is 9.89. The topological polar surface area (TPSA) is 177 Å². The number of esters is 1. The fourth-order valence-electron chi connectivity index (χ4n) is 7.06. The second-order valence-corrected chi connectivity index (χ2v) is 15.4. The Morgan fingerprint density at radius 2 is 1.61 bits per heavy atom. The van der Waals surface area contributed by atoms with Gasteiger partial charge >= 0.3 is 12.0 Å². The maximum atomic E-state index is 14.3. The van der Waals surface area contributed by atoms with Crippen molar-refractivity contribution in [2.24, 2.45) is 46.7 Å². The molecule has 3 unspecified atom stereocenters. The van der Waals surface area contributed by atoms with Crippen LogP contribution in [0, 0.1) is 40.9 Å². The number of hydrogen-bond donors (Lipinski definition) is 4. The number of fused-ring (bicyclic) bond motifs is 1. The smallest absolute Gasteiger partial charge is 0.329 e. The summed E-state index contributed by atoms with van der Waals surface area (Å²) in [5, 5.41) is 7.82. The fourth-order valence-corrected chi connectivity index (χ4v) is 7.06. The summed E-state index contributed by atoms with van der Waals surface area (Å²) in [4.78, 5) is 80.2. The summed E-state index contributed by atoms with van der Waals surface area (Å²) in [5.74, 6) is -9.06. The van der Waals surface area contributed by atoms with Gasteiger partial charge in [-0.1, -0.05) is 78.8 Å². The number of rotatable bonds is 14. The summed E-state index contributed by atoms with van der Waals surface area (Å²) in [6.45, 7) is 12.9. The van der Waals surface area contributed by atoms with Crippen LogP contribution >= 0.6 is 0 Å². The van der Waals surface area contributed by atoms with Crippen LogP contribution in [-0.2, 0) is 35.3 Å². The van der Waals surface area contributed by atoms with Gasteiger partial charge in [0.25, 0.3) is 11.8 Å². The number of halogens is 2. The number of nitrogens with two attached hydrogens (primary N) is 1. The molecule has 8 atom stereocenters. The van der Waals surface area contributed by atoms with Gasteiger partial charge in [0.15, 0.2) is 0 Å². The van der Waals surface area contributed by atoms with E-state index in [1.807, 2.05) is 32.0 Å². The van der Waals surface area contributed by atoms with E-state index in [9.17, 15) is 37.5 Å². The first-order chi connectivity index (χ1) is 22.7. The van der Waals surface area contributed by atoms with Crippen molar-refractivity contribution in [3.63, 3.8) is 0 Å². The first-order valence-corrected chi connectivity index (χ1v) is 16.8. The van der Waals surface area contributed by atoms with Crippen LogP contribution in [0.2, 0.25) is 0 Å². The molecular formula is C35H49F2N5O7. The van der Waals surface area contributed by atoms with Crippen molar-refractivity contribution in [3.05, 3.63) is 35.9 Å². The van der Waals surface area contributed by atoms with Gasteiger partial charge in [0.2, 0.25) is 17.6 Å². The molecule has 1 heterocycles. The molecule has 1 aliphatic heterocycles. The summed E-state index contributed by atoms with van der Waals surface area (Å²) in [6.07, 6.45) is -0.928. The van der Waals surface area contributed by atoms with Crippen molar-refractivity contribution >= 4 is 35.5 Å². The van der Waals surface area contributed by atoms with E-state index in [4.69, 9.17) is 10.5 Å². The maximum Gasteiger partial charge on any atom is 0.329 e. The maximum absolute atomic E-state index is 14.3. The number of Topliss-reactive ketones (excluding diaryl/α,β-unsaturated/α-hetero) is 1. The molecule has 0 radical (unpaired) electrons. The summed E-state index contributed by atoms with van der Waals surface area (Å²) in [5.41, 5.74) is 5.10. The van der Waals surface area contributed by atoms with E-state index < -0.39 is 89.8 Å². The minimum absolute atomic E-state index is 0.0163. The van der Waals surface area contributed by atoms with Crippen LogP contribution < -0.4 is 21.7 Å². The highest BCUT2D eigenvalue weighted by molar-refractivity contribution is 6.37. The molecule has 0 aromatic heterocycles. The van der Waals surface area contributed by atoms with Gasteiger partial charge in [0, 0.05) is 18.9 Å². The van der Waals surface area contributed by atoms with Crippen molar-refractivity contribution in [3.8, 4) is 0 Å². The number of likely N-dealkylation sites (tertiary alicyclic amines) is 1. The van der Waals surface area contributed by atoms with Gasteiger partial charge in [-0.2, -0.15) is 0 Å². The third kappa shape index (κ3) is 8.74. The quantitative estimate of drug-likeness (QED) is 0.172. The van der Waals surface area contributed by atoms with E-state index in [1.54, 1.807) is 46.8 Å². The van der Waals surface area contributed by atoms with Crippen LogP contribution in [0.15, 0.2) is 30.3 Å². The molecule has 2 aliphatic carbocycles. The SMILES string of the molecule is CC(C)C1[C@H]2[C@@H]1CN(C(=O)[C@@H](NC(=O)N[C@H](C(=O)OCc1ccccc1)C(C)C)C(C)(C)C)[C@@H]2C(=O)NC(CC1CC1(F)F)C(=O)C(N)=O. The molecule has 5 amide bonds. The number of ketones is 1. The van der Waals surface area contributed by atoms with E-state index in [0.717, 1.165) is 5.56 Å². The standard InChI is InChI=1S/C35H49F2N5O7/c1-17(2)23-21-15-42(26(24(21)23)30(45)39-22(27(43)29(38)44)13-20-14-35(20,36)37)31(46)28(34(5,6)7)41-33(48)40-25(18(3)4)32(47)49-16-19-11-9-8-10-12-19/h8-12,17-18,20-26,28H,13-16H2,1-7H3,(H2,38,44)(H,39,45)(H2,40,41,48)/t20?,21-,22?,23?,24-,25+,26+,28-/m1/s1. The fraction of sp³-hybridized carbons (Fsp3) is 0.657. The first kappa shape index (κ1) is 37.7. The number of piperidine rings is 1. The zero-order valence-corrected chi connectivity index (χ0v) is 29.1. The number of benzene rings is 1. The second-order valence-electron chi connectivity index (χ2n) is 15.4. The summed E-state index contributed by atoms with van der Waals surface area (Å²) in [7, 11) is 0. The Kier molecular flexibility index (Phi) is 11.1. The molecule has 5 N–H and O–H groups in total. The van der Waals surface area contributed by atoms with Crippen molar-refractivity contribution < 1.29 is 42.3 Å². The molecule has 270 valence electrons. The molecule has 14 heteroatoms. The molecule has 3 aliphatic rings. The van der Waals surface area contributed by atoms with Gasteiger partial charge in [-0.05, 0) is 47.0 Å². The number of alkyl halides is 2. The average Bonchev–Trinajstić information content (AvgIpc) is 3.83. The highest BCUT2D eigenvalue weighted by Gasteiger charge is 2.66. The number of carbonyl (C=O) groups is 6. The van der Waals surface area contributed by atoms with Gasteiger partial charge in [0.1, 0.15) is 24.7 Å². The highest BCUT2D eigenvalue weighted by atomic mass is 19.3. The molecule has 4 rings (SSSR count). The lowest BCUT2D eigenvalue weighted by atomic mass is 9.85. The molecule has 49 heavy (non-hydrogen) atoms. The molecule has 12 nitrogen and oxygen atoms in total.